The maximum Gasteiger partial charge on any atom is 0.333 e. The summed E-state index contributed by atoms with van der Waals surface area (Å²) in [6.07, 6.45) is 6.73. The van der Waals surface area contributed by atoms with E-state index < -0.39 is 5.97 Å². The third-order valence-corrected chi connectivity index (χ3v) is 5.30. The molecule has 0 heterocycles. The van der Waals surface area contributed by atoms with Gasteiger partial charge in [0.2, 0.25) is 0 Å². The lowest BCUT2D eigenvalue weighted by Gasteiger charge is -2.19. The molecule has 0 radical (unpaired) electrons. The molecule has 0 fully saturated rings. The van der Waals surface area contributed by atoms with Crippen LogP contribution in [0, 0.1) is 3.57 Å². The topological polar surface area (TPSA) is 44.8 Å². The minimum atomic E-state index is -0.397. The summed E-state index contributed by atoms with van der Waals surface area (Å²) in [6.45, 7) is 2.53. The summed E-state index contributed by atoms with van der Waals surface area (Å²) < 4.78 is 17.7. The molecular formula is C21H21IO4. The van der Waals surface area contributed by atoms with Gasteiger partial charge >= 0.3 is 5.97 Å². The zero-order chi connectivity index (χ0) is 18.4. The first-order chi connectivity index (χ1) is 12.7. The van der Waals surface area contributed by atoms with Crippen molar-refractivity contribution in [1.82, 2.24) is 0 Å². The van der Waals surface area contributed by atoms with Crippen LogP contribution in [0.4, 0.5) is 0 Å². The number of ether oxygens (including phenoxy) is 3. The fraction of sp³-hybridized carbons (Fsp3) is 0.286. The molecule has 1 atom stereocenters. The third-order valence-electron chi connectivity index (χ3n) is 4.18. The van der Waals surface area contributed by atoms with E-state index in [0.717, 1.165) is 27.7 Å². The van der Waals surface area contributed by atoms with Gasteiger partial charge in [-0.15, -0.1) is 0 Å². The van der Waals surface area contributed by atoms with Crippen molar-refractivity contribution in [2.75, 3.05) is 13.2 Å². The van der Waals surface area contributed by atoms with Crippen molar-refractivity contribution in [2.24, 2.45) is 0 Å². The molecule has 0 amide bonds. The average molecular weight is 464 g/mol. The highest BCUT2D eigenvalue weighted by Gasteiger charge is 2.22. The van der Waals surface area contributed by atoms with Gasteiger partial charge in [-0.2, -0.15) is 0 Å². The highest BCUT2D eigenvalue weighted by Crippen LogP contribution is 2.33. The molecule has 2 aromatic rings. The molecule has 0 aliphatic heterocycles. The Hall–Kier alpha value is -2.02. The summed E-state index contributed by atoms with van der Waals surface area (Å²) in [4.78, 5) is 11.3. The Morgan fingerprint density at radius 1 is 1.27 bits per heavy atom. The molecule has 1 unspecified atom stereocenters. The van der Waals surface area contributed by atoms with Crippen LogP contribution in [0.1, 0.15) is 19.8 Å². The molecule has 0 bridgehead atoms. The molecule has 3 rings (SSSR count). The quantitative estimate of drug-likeness (QED) is 0.190. The fourth-order valence-corrected chi connectivity index (χ4v) is 3.72. The number of rotatable bonds is 7. The molecule has 0 aromatic heterocycles. The number of fused-ring (bicyclic) bond motifs is 1. The largest absolute Gasteiger partial charge is 0.496 e. The molecule has 26 heavy (non-hydrogen) atoms. The number of allylic oxidation sites excluding steroid dienone is 1. The number of halogens is 1. The first kappa shape index (κ1) is 18.8. The zero-order valence-electron chi connectivity index (χ0n) is 14.6. The number of carbonyl (C=O) groups is 1. The van der Waals surface area contributed by atoms with Gasteiger partial charge < -0.3 is 14.2 Å². The molecule has 1 aliphatic carbocycles. The summed E-state index contributed by atoms with van der Waals surface area (Å²) in [6, 6.07) is 12.4. The van der Waals surface area contributed by atoms with Crippen molar-refractivity contribution in [3.63, 3.8) is 0 Å². The van der Waals surface area contributed by atoms with E-state index in [1.165, 1.54) is 23.1 Å². The standard InChI is InChI=1S/C21H21IO4/c1-2-25-20(23)12-13-24-14-16-7-5-9-18(16)26-19-11-10-15-6-3-4-8-17(15)21(19)22/h3-4,6-8,10-13,18H,2,5,9,14H2,1H3/b13-12+. The first-order valence-corrected chi connectivity index (χ1v) is 9.74. The lowest BCUT2D eigenvalue weighted by molar-refractivity contribution is -0.137. The second kappa shape index (κ2) is 9.07. The molecule has 0 saturated heterocycles. The van der Waals surface area contributed by atoms with Gasteiger partial charge in [0.15, 0.2) is 0 Å². The summed E-state index contributed by atoms with van der Waals surface area (Å²) >= 11 is 2.34. The van der Waals surface area contributed by atoms with E-state index in [-0.39, 0.29) is 6.10 Å². The van der Waals surface area contributed by atoms with Gasteiger partial charge in [-0.25, -0.2) is 4.79 Å². The SMILES string of the molecule is CCOC(=O)/C=C/OCC1=CCCC1Oc1ccc2ccccc2c1I. The number of hydrogen-bond donors (Lipinski definition) is 0. The highest BCUT2D eigenvalue weighted by molar-refractivity contribution is 14.1. The monoisotopic (exact) mass is 464 g/mol. The van der Waals surface area contributed by atoms with Crippen molar-refractivity contribution < 1.29 is 19.0 Å². The van der Waals surface area contributed by atoms with Gasteiger partial charge in [-0.05, 0) is 59.2 Å². The predicted molar refractivity (Wildman–Crippen MR) is 110 cm³/mol. The Kier molecular flexibility index (Phi) is 6.55. The summed E-state index contributed by atoms with van der Waals surface area (Å²) in [5.41, 5.74) is 1.10. The number of esters is 1. The maximum absolute atomic E-state index is 11.3. The van der Waals surface area contributed by atoms with Crippen molar-refractivity contribution in [1.29, 1.82) is 0 Å². The maximum atomic E-state index is 11.3. The molecule has 0 saturated carbocycles. The number of hydrogen-bond acceptors (Lipinski definition) is 4. The molecule has 0 N–H and O–H groups in total. The van der Waals surface area contributed by atoms with Gasteiger partial charge in [-0.1, -0.05) is 36.4 Å². The van der Waals surface area contributed by atoms with Crippen LogP contribution >= 0.6 is 22.6 Å². The second-order valence-electron chi connectivity index (χ2n) is 5.93. The van der Waals surface area contributed by atoms with E-state index in [4.69, 9.17) is 14.2 Å². The van der Waals surface area contributed by atoms with Crippen LogP contribution in [0.2, 0.25) is 0 Å². The van der Waals surface area contributed by atoms with Crippen molar-refractivity contribution >= 4 is 39.3 Å². The van der Waals surface area contributed by atoms with E-state index in [1.54, 1.807) is 6.92 Å². The van der Waals surface area contributed by atoms with Crippen molar-refractivity contribution in [3.8, 4) is 5.75 Å². The zero-order valence-corrected chi connectivity index (χ0v) is 16.8. The van der Waals surface area contributed by atoms with Crippen LogP contribution in [0.25, 0.3) is 10.8 Å². The van der Waals surface area contributed by atoms with Crippen LogP contribution < -0.4 is 4.74 Å². The minimum Gasteiger partial charge on any atom is -0.496 e. The van der Waals surface area contributed by atoms with Crippen molar-refractivity contribution in [2.45, 2.75) is 25.9 Å². The van der Waals surface area contributed by atoms with Crippen molar-refractivity contribution in [3.05, 3.63) is 64.0 Å². The van der Waals surface area contributed by atoms with Gasteiger partial charge in [0.05, 0.1) is 22.5 Å². The van der Waals surface area contributed by atoms with E-state index in [2.05, 4.69) is 46.9 Å². The molecule has 1 aliphatic rings. The van der Waals surface area contributed by atoms with E-state index in [0.29, 0.717) is 13.2 Å². The lowest BCUT2D eigenvalue weighted by atomic mass is 10.1. The summed E-state index contributed by atoms with van der Waals surface area (Å²) in [5, 5.41) is 2.40. The molecule has 136 valence electrons. The molecule has 4 nitrogen and oxygen atoms in total. The normalized spacial score (nSPS) is 16.7. The van der Waals surface area contributed by atoms with Gasteiger partial charge in [0.1, 0.15) is 18.5 Å². The number of benzene rings is 2. The van der Waals surface area contributed by atoms with Crippen LogP contribution in [0.5, 0.6) is 5.75 Å². The Balaban J connectivity index is 1.62. The van der Waals surface area contributed by atoms with Crippen LogP contribution in [0.15, 0.2) is 60.4 Å². The minimum absolute atomic E-state index is 0.000622. The van der Waals surface area contributed by atoms with Crippen LogP contribution in [0.3, 0.4) is 0 Å². The van der Waals surface area contributed by atoms with E-state index in [9.17, 15) is 4.79 Å². The Morgan fingerprint density at radius 2 is 2.12 bits per heavy atom. The summed E-state index contributed by atoms with van der Waals surface area (Å²) in [7, 11) is 0. The van der Waals surface area contributed by atoms with Crippen LogP contribution in [-0.4, -0.2) is 25.3 Å². The van der Waals surface area contributed by atoms with Gasteiger partial charge in [0.25, 0.3) is 0 Å². The smallest absolute Gasteiger partial charge is 0.333 e. The highest BCUT2D eigenvalue weighted by atomic mass is 127. The Labute approximate surface area is 167 Å². The predicted octanol–water partition coefficient (Wildman–Crippen LogP) is 5.01. The van der Waals surface area contributed by atoms with Gasteiger partial charge in [0, 0.05) is 5.57 Å². The fourth-order valence-electron chi connectivity index (χ4n) is 2.92. The molecular weight excluding hydrogens is 443 g/mol. The van der Waals surface area contributed by atoms with Gasteiger partial charge in [-0.3, -0.25) is 0 Å². The lowest BCUT2D eigenvalue weighted by Crippen LogP contribution is -2.19. The number of carbonyl (C=O) groups excluding carboxylic acids is 1. The summed E-state index contributed by atoms with van der Waals surface area (Å²) in [5.74, 6) is 0.496. The Morgan fingerprint density at radius 3 is 2.96 bits per heavy atom. The third kappa shape index (κ3) is 4.58. The second-order valence-corrected chi connectivity index (χ2v) is 7.01. The average Bonchev–Trinajstić information content (AvgIpc) is 3.09. The Bertz CT molecular complexity index is 841. The molecule has 5 heteroatoms. The van der Waals surface area contributed by atoms with E-state index >= 15 is 0 Å². The molecule has 0 spiro atoms. The van der Waals surface area contributed by atoms with Crippen LogP contribution in [-0.2, 0) is 14.3 Å². The molecule has 2 aromatic carbocycles. The first-order valence-electron chi connectivity index (χ1n) is 8.66. The van der Waals surface area contributed by atoms with E-state index in [1.807, 2.05) is 18.2 Å².